The largest absolute Gasteiger partial charge is 0.312 e. The highest BCUT2D eigenvalue weighted by molar-refractivity contribution is 7.90. The number of hydrogen-bond acceptors (Lipinski definition) is 4. The summed E-state index contributed by atoms with van der Waals surface area (Å²) in [6.45, 7) is 4.14. The van der Waals surface area contributed by atoms with Crippen LogP contribution in [-0.4, -0.2) is 25.1 Å². The molecule has 0 aliphatic rings. The number of rotatable bonds is 4. The molecule has 0 N–H and O–H groups in total. The number of thiazole rings is 1. The first-order valence-electron chi connectivity index (χ1n) is 7.69. The van der Waals surface area contributed by atoms with Gasteiger partial charge in [0.05, 0.1) is 25.7 Å². The second-order valence-corrected chi connectivity index (χ2v) is 9.60. The molecule has 0 spiro atoms. The fraction of sp³-hybridized carbons (Fsp3) is 0.111. The van der Waals surface area contributed by atoms with Crippen LogP contribution in [0, 0.1) is 0 Å². The average Bonchev–Trinajstić information content (AvgIpc) is 2.91. The number of fused-ring (bicyclic) bond motifs is 1. The third-order valence-electron chi connectivity index (χ3n) is 3.75. The first-order chi connectivity index (χ1) is 12.7. The van der Waals surface area contributed by atoms with Crippen LogP contribution >= 0.6 is 34.5 Å². The average molecular weight is 441 g/mol. The van der Waals surface area contributed by atoms with Crippen molar-refractivity contribution in [2.75, 3.05) is 6.26 Å². The van der Waals surface area contributed by atoms with Crippen molar-refractivity contribution in [3.63, 3.8) is 0 Å². The minimum absolute atomic E-state index is 0.209. The molecule has 0 aliphatic carbocycles. The Morgan fingerprint density at radius 2 is 2.00 bits per heavy atom. The number of amides is 1. The summed E-state index contributed by atoms with van der Waals surface area (Å²) in [5, 5.41) is 0.639. The Balaban J connectivity index is 2.19. The van der Waals surface area contributed by atoms with Gasteiger partial charge in [-0.25, -0.2) is 8.42 Å². The number of sulfone groups is 1. The highest BCUT2D eigenvalue weighted by atomic mass is 35.5. The Bertz CT molecular complexity index is 1240. The van der Waals surface area contributed by atoms with E-state index in [1.165, 1.54) is 29.5 Å². The Labute approximate surface area is 170 Å². The molecule has 9 heteroatoms. The van der Waals surface area contributed by atoms with Gasteiger partial charge in [0, 0.05) is 17.8 Å². The van der Waals surface area contributed by atoms with Gasteiger partial charge in [-0.1, -0.05) is 40.6 Å². The molecule has 0 aliphatic heterocycles. The van der Waals surface area contributed by atoms with Crippen molar-refractivity contribution in [2.24, 2.45) is 4.99 Å². The van der Waals surface area contributed by atoms with Gasteiger partial charge in [-0.3, -0.25) is 4.79 Å². The predicted molar refractivity (Wildman–Crippen MR) is 109 cm³/mol. The molecule has 0 atom stereocenters. The maximum absolute atomic E-state index is 12.6. The summed E-state index contributed by atoms with van der Waals surface area (Å²) in [6, 6.07) is 9.37. The Morgan fingerprint density at radius 1 is 1.26 bits per heavy atom. The van der Waals surface area contributed by atoms with Gasteiger partial charge < -0.3 is 4.57 Å². The first-order valence-corrected chi connectivity index (χ1v) is 11.2. The number of aromatic nitrogens is 1. The molecule has 140 valence electrons. The van der Waals surface area contributed by atoms with Crippen molar-refractivity contribution in [1.29, 1.82) is 0 Å². The minimum Gasteiger partial charge on any atom is -0.312 e. The zero-order chi connectivity index (χ0) is 19.8. The van der Waals surface area contributed by atoms with Crippen molar-refractivity contribution < 1.29 is 13.2 Å². The molecule has 3 rings (SSSR count). The van der Waals surface area contributed by atoms with Crippen LogP contribution in [-0.2, 0) is 16.4 Å². The van der Waals surface area contributed by atoms with Crippen LogP contribution < -0.4 is 4.80 Å². The number of carbonyl (C=O) groups is 1. The number of benzene rings is 2. The number of allylic oxidation sites excluding steroid dienone is 1. The van der Waals surface area contributed by atoms with Crippen molar-refractivity contribution in [2.45, 2.75) is 11.4 Å². The van der Waals surface area contributed by atoms with Gasteiger partial charge >= 0.3 is 0 Å². The van der Waals surface area contributed by atoms with Crippen molar-refractivity contribution >= 4 is 60.5 Å². The first kappa shape index (κ1) is 19.8. The third kappa shape index (κ3) is 4.16. The molecular formula is C18H14Cl2N2O3S2. The van der Waals surface area contributed by atoms with Crippen LogP contribution in [0.25, 0.3) is 10.2 Å². The molecule has 0 unspecified atom stereocenters. The SMILES string of the molecule is C=CCn1c(=NC(=O)c2ccc(Cl)cc2Cl)sc2cc(S(C)(=O)=O)ccc21. The second kappa shape index (κ2) is 7.59. The fourth-order valence-corrected chi connectivity index (χ4v) is 4.77. The Hall–Kier alpha value is -1.93. The molecule has 0 saturated heterocycles. The monoisotopic (exact) mass is 440 g/mol. The highest BCUT2D eigenvalue weighted by Gasteiger charge is 2.14. The van der Waals surface area contributed by atoms with Gasteiger partial charge in [-0.15, -0.1) is 6.58 Å². The van der Waals surface area contributed by atoms with Gasteiger partial charge in [0.1, 0.15) is 0 Å². The quantitative estimate of drug-likeness (QED) is 0.566. The molecule has 5 nitrogen and oxygen atoms in total. The Morgan fingerprint density at radius 3 is 2.63 bits per heavy atom. The van der Waals surface area contributed by atoms with Crippen LogP contribution in [0.2, 0.25) is 10.0 Å². The standard InChI is InChI=1S/C18H14Cl2N2O3S2/c1-3-8-22-15-7-5-12(27(2,24)25)10-16(15)26-18(22)21-17(23)13-6-4-11(19)9-14(13)20/h3-7,9-10H,1,8H2,2H3. The van der Waals surface area contributed by atoms with E-state index in [-0.39, 0.29) is 15.5 Å². The van der Waals surface area contributed by atoms with E-state index in [0.717, 1.165) is 11.8 Å². The van der Waals surface area contributed by atoms with E-state index in [2.05, 4.69) is 11.6 Å². The molecule has 3 aromatic rings. The van der Waals surface area contributed by atoms with Gasteiger partial charge in [-0.2, -0.15) is 4.99 Å². The molecule has 2 aromatic carbocycles. The molecule has 0 bridgehead atoms. The molecule has 1 heterocycles. The number of halogens is 2. The molecule has 0 fully saturated rings. The van der Waals surface area contributed by atoms with Crippen LogP contribution in [0.5, 0.6) is 0 Å². The lowest BCUT2D eigenvalue weighted by atomic mass is 10.2. The maximum atomic E-state index is 12.6. The Kier molecular flexibility index (Phi) is 5.58. The molecular weight excluding hydrogens is 427 g/mol. The van der Waals surface area contributed by atoms with E-state index in [4.69, 9.17) is 23.2 Å². The van der Waals surface area contributed by atoms with E-state index in [1.54, 1.807) is 28.8 Å². The smallest absolute Gasteiger partial charge is 0.281 e. The summed E-state index contributed by atoms with van der Waals surface area (Å²) in [4.78, 5) is 17.4. The van der Waals surface area contributed by atoms with Crippen LogP contribution in [0.15, 0.2) is 58.9 Å². The van der Waals surface area contributed by atoms with Gasteiger partial charge in [-0.05, 0) is 36.4 Å². The summed E-state index contributed by atoms with van der Waals surface area (Å²) in [5.41, 5.74) is 1.00. The normalized spacial score (nSPS) is 12.5. The van der Waals surface area contributed by atoms with Gasteiger partial charge in [0.15, 0.2) is 14.6 Å². The molecule has 0 radical (unpaired) electrons. The molecule has 1 amide bonds. The summed E-state index contributed by atoms with van der Waals surface area (Å²) in [7, 11) is -3.34. The van der Waals surface area contributed by atoms with Crippen LogP contribution in [0.4, 0.5) is 0 Å². The van der Waals surface area contributed by atoms with Gasteiger partial charge in [0.2, 0.25) is 0 Å². The topological polar surface area (TPSA) is 68.5 Å². The van der Waals surface area contributed by atoms with Crippen LogP contribution in [0.3, 0.4) is 0 Å². The predicted octanol–water partition coefficient (Wildman–Crippen LogP) is 4.34. The summed E-state index contributed by atoms with van der Waals surface area (Å²) in [5.74, 6) is -0.510. The van der Waals surface area contributed by atoms with E-state index in [0.29, 0.717) is 21.1 Å². The van der Waals surface area contributed by atoms with Crippen molar-refractivity contribution in [3.05, 3.63) is 69.5 Å². The zero-order valence-electron chi connectivity index (χ0n) is 14.1. The lowest BCUT2D eigenvalue weighted by Gasteiger charge is -2.03. The summed E-state index contributed by atoms with van der Waals surface area (Å²) in [6.07, 6.45) is 2.83. The van der Waals surface area contributed by atoms with E-state index in [9.17, 15) is 13.2 Å². The zero-order valence-corrected chi connectivity index (χ0v) is 17.3. The van der Waals surface area contributed by atoms with Crippen molar-refractivity contribution in [1.82, 2.24) is 4.57 Å². The van der Waals surface area contributed by atoms with Gasteiger partial charge in [0.25, 0.3) is 5.91 Å². The third-order valence-corrected chi connectivity index (χ3v) is 6.45. The minimum atomic E-state index is -3.34. The van der Waals surface area contributed by atoms with Crippen LogP contribution in [0.1, 0.15) is 10.4 Å². The second-order valence-electron chi connectivity index (χ2n) is 5.73. The van der Waals surface area contributed by atoms with Crippen molar-refractivity contribution in [3.8, 4) is 0 Å². The molecule has 0 saturated carbocycles. The summed E-state index contributed by atoms with van der Waals surface area (Å²) < 4.78 is 26.1. The van der Waals surface area contributed by atoms with E-state index in [1.807, 2.05) is 0 Å². The number of nitrogens with zero attached hydrogens (tertiary/aromatic N) is 2. The fourth-order valence-electron chi connectivity index (χ4n) is 2.49. The number of carbonyl (C=O) groups excluding carboxylic acids is 1. The van der Waals surface area contributed by atoms with E-state index < -0.39 is 15.7 Å². The highest BCUT2D eigenvalue weighted by Crippen LogP contribution is 2.23. The molecule has 27 heavy (non-hydrogen) atoms. The van der Waals surface area contributed by atoms with E-state index >= 15 is 0 Å². The lowest BCUT2D eigenvalue weighted by molar-refractivity contribution is 0.0998. The lowest BCUT2D eigenvalue weighted by Crippen LogP contribution is -2.16. The maximum Gasteiger partial charge on any atom is 0.281 e. The summed E-state index contributed by atoms with van der Waals surface area (Å²) >= 11 is 13.2. The number of hydrogen-bond donors (Lipinski definition) is 0. The molecule has 1 aromatic heterocycles.